The van der Waals surface area contributed by atoms with Crippen molar-refractivity contribution in [1.29, 1.82) is 0 Å². The molecule has 1 heterocycles. The van der Waals surface area contributed by atoms with Crippen molar-refractivity contribution in [2.24, 2.45) is 5.73 Å². The van der Waals surface area contributed by atoms with Gasteiger partial charge in [0, 0.05) is 17.6 Å². The van der Waals surface area contributed by atoms with Crippen LogP contribution in [-0.2, 0) is 14.8 Å². The number of rotatable bonds is 3. The first-order valence-electron chi connectivity index (χ1n) is 5.58. The van der Waals surface area contributed by atoms with Crippen LogP contribution in [0.5, 0.6) is 0 Å². The predicted octanol–water partition coefficient (Wildman–Crippen LogP) is 1.12. The fraction of sp³-hybridized carbons (Fsp3) is 0.364. The van der Waals surface area contributed by atoms with Crippen LogP contribution < -0.4 is 5.73 Å². The van der Waals surface area contributed by atoms with Crippen molar-refractivity contribution >= 4 is 43.2 Å². The second kappa shape index (κ2) is 5.84. The molecule has 1 aliphatic heterocycles. The molecule has 0 radical (unpaired) electrons. The van der Waals surface area contributed by atoms with Crippen LogP contribution in [0.15, 0.2) is 33.6 Å². The number of nitrogens with two attached hydrogens (primary N) is 1. The third kappa shape index (κ3) is 3.14. The summed E-state index contributed by atoms with van der Waals surface area (Å²) < 4.78 is 32.3. The SMILES string of the molecule is NC(=S)C1CN(S(=O)(=O)c2ccccc2Br)CCO1. The number of benzene rings is 1. The van der Waals surface area contributed by atoms with Crippen LogP contribution >= 0.6 is 28.1 Å². The van der Waals surface area contributed by atoms with Gasteiger partial charge >= 0.3 is 0 Å². The lowest BCUT2D eigenvalue weighted by Crippen LogP contribution is -2.49. The van der Waals surface area contributed by atoms with E-state index in [1.807, 2.05) is 0 Å². The number of morpholine rings is 1. The van der Waals surface area contributed by atoms with E-state index in [4.69, 9.17) is 22.7 Å². The summed E-state index contributed by atoms with van der Waals surface area (Å²) in [4.78, 5) is 0.408. The van der Waals surface area contributed by atoms with Crippen molar-refractivity contribution in [3.8, 4) is 0 Å². The standard InChI is InChI=1S/C11H13BrN2O3S2/c12-8-3-1-2-4-10(8)19(15,16)14-5-6-17-9(7-14)11(13)18/h1-4,9H,5-7H2,(H2,13,18). The number of hydrogen-bond donors (Lipinski definition) is 1. The van der Waals surface area contributed by atoms with E-state index in [1.165, 1.54) is 4.31 Å². The molecule has 1 aliphatic rings. The van der Waals surface area contributed by atoms with E-state index in [0.29, 0.717) is 11.0 Å². The molecule has 5 nitrogen and oxygen atoms in total. The third-order valence-corrected chi connectivity index (χ3v) is 5.94. The molecule has 0 saturated carbocycles. The van der Waals surface area contributed by atoms with Crippen molar-refractivity contribution in [3.05, 3.63) is 28.7 Å². The van der Waals surface area contributed by atoms with E-state index in [1.54, 1.807) is 24.3 Å². The molecule has 1 atom stereocenters. The Bertz CT molecular complexity index is 591. The first-order chi connectivity index (χ1) is 8.93. The fourth-order valence-electron chi connectivity index (χ4n) is 1.81. The lowest BCUT2D eigenvalue weighted by atomic mass is 10.3. The Labute approximate surface area is 125 Å². The topological polar surface area (TPSA) is 72.6 Å². The van der Waals surface area contributed by atoms with Gasteiger partial charge in [-0.25, -0.2) is 8.42 Å². The molecule has 0 aromatic heterocycles. The monoisotopic (exact) mass is 364 g/mol. The van der Waals surface area contributed by atoms with E-state index in [0.717, 1.165) is 0 Å². The van der Waals surface area contributed by atoms with Crippen molar-refractivity contribution < 1.29 is 13.2 Å². The zero-order valence-electron chi connectivity index (χ0n) is 9.95. The van der Waals surface area contributed by atoms with Crippen molar-refractivity contribution in [2.75, 3.05) is 19.7 Å². The number of sulfonamides is 1. The quantitative estimate of drug-likeness (QED) is 0.813. The average molecular weight is 365 g/mol. The molecule has 0 aliphatic carbocycles. The number of ether oxygens (including phenoxy) is 1. The highest BCUT2D eigenvalue weighted by Gasteiger charge is 2.32. The van der Waals surface area contributed by atoms with Crippen LogP contribution in [0.4, 0.5) is 0 Å². The molecule has 1 fully saturated rings. The van der Waals surface area contributed by atoms with Crippen LogP contribution in [0.1, 0.15) is 0 Å². The maximum atomic E-state index is 12.5. The summed E-state index contributed by atoms with van der Waals surface area (Å²) in [6.07, 6.45) is -0.527. The van der Waals surface area contributed by atoms with Crippen molar-refractivity contribution in [3.63, 3.8) is 0 Å². The summed E-state index contributed by atoms with van der Waals surface area (Å²) >= 11 is 8.11. The summed E-state index contributed by atoms with van der Waals surface area (Å²) in [5, 5.41) is 0. The zero-order chi connectivity index (χ0) is 14.0. The van der Waals surface area contributed by atoms with Gasteiger partial charge in [-0.3, -0.25) is 0 Å². The number of nitrogens with zero attached hydrogens (tertiary/aromatic N) is 1. The molecule has 1 unspecified atom stereocenters. The molecule has 2 N–H and O–H groups in total. The van der Waals surface area contributed by atoms with Crippen LogP contribution in [0.3, 0.4) is 0 Å². The van der Waals surface area contributed by atoms with E-state index >= 15 is 0 Å². The minimum Gasteiger partial charge on any atom is -0.391 e. The Morgan fingerprint density at radius 1 is 1.47 bits per heavy atom. The van der Waals surface area contributed by atoms with Gasteiger partial charge in [0.1, 0.15) is 11.1 Å². The number of hydrogen-bond acceptors (Lipinski definition) is 4. The highest BCUT2D eigenvalue weighted by Crippen LogP contribution is 2.25. The minimum atomic E-state index is -3.57. The highest BCUT2D eigenvalue weighted by molar-refractivity contribution is 9.10. The molecule has 1 aromatic carbocycles. The van der Waals surface area contributed by atoms with Crippen LogP contribution in [0, 0.1) is 0 Å². The third-order valence-electron chi connectivity index (χ3n) is 2.80. The molecule has 104 valence electrons. The molecular formula is C11H13BrN2O3S2. The Hall–Kier alpha value is -0.540. The molecule has 8 heteroatoms. The summed E-state index contributed by atoms with van der Waals surface area (Å²) in [6, 6.07) is 6.70. The molecule has 1 aromatic rings. The Morgan fingerprint density at radius 2 is 2.16 bits per heavy atom. The lowest BCUT2D eigenvalue weighted by Gasteiger charge is -2.31. The van der Waals surface area contributed by atoms with Gasteiger partial charge in [0.2, 0.25) is 10.0 Å². The van der Waals surface area contributed by atoms with Gasteiger partial charge in [-0.2, -0.15) is 4.31 Å². The molecule has 1 saturated heterocycles. The zero-order valence-corrected chi connectivity index (χ0v) is 13.2. The first kappa shape index (κ1) is 14.9. The van der Waals surface area contributed by atoms with Crippen LogP contribution in [0.2, 0.25) is 0 Å². The lowest BCUT2D eigenvalue weighted by molar-refractivity contribution is 0.0386. The van der Waals surface area contributed by atoms with Gasteiger partial charge < -0.3 is 10.5 Å². The molecule has 2 rings (SSSR count). The summed E-state index contributed by atoms with van der Waals surface area (Å²) in [7, 11) is -3.57. The van der Waals surface area contributed by atoms with Crippen LogP contribution in [-0.4, -0.2) is 43.5 Å². The maximum Gasteiger partial charge on any atom is 0.244 e. The van der Waals surface area contributed by atoms with Gasteiger partial charge in [0.25, 0.3) is 0 Å². The molecule has 0 spiro atoms. The first-order valence-corrected chi connectivity index (χ1v) is 8.22. The van der Waals surface area contributed by atoms with Gasteiger partial charge in [-0.05, 0) is 28.1 Å². The van der Waals surface area contributed by atoms with Crippen LogP contribution in [0.25, 0.3) is 0 Å². The number of thiocarbonyl (C=S) groups is 1. The fourth-order valence-corrected chi connectivity index (χ4v) is 4.34. The smallest absolute Gasteiger partial charge is 0.244 e. The summed E-state index contributed by atoms with van der Waals surface area (Å²) in [5.41, 5.74) is 5.52. The Balaban J connectivity index is 2.30. The van der Waals surface area contributed by atoms with Crippen molar-refractivity contribution in [1.82, 2.24) is 4.31 Å². The van der Waals surface area contributed by atoms with Crippen molar-refractivity contribution in [2.45, 2.75) is 11.0 Å². The summed E-state index contributed by atoms with van der Waals surface area (Å²) in [6.45, 7) is 0.730. The van der Waals surface area contributed by atoms with Gasteiger partial charge in [0.05, 0.1) is 11.5 Å². The van der Waals surface area contributed by atoms with E-state index in [-0.39, 0.29) is 23.0 Å². The second-order valence-electron chi connectivity index (χ2n) is 4.06. The maximum absolute atomic E-state index is 12.5. The largest absolute Gasteiger partial charge is 0.391 e. The van der Waals surface area contributed by atoms with Gasteiger partial charge in [0.15, 0.2) is 0 Å². The molecule has 19 heavy (non-hydrogen) atoms. The second-order valence-corrected chi connectivity index (χ2v) is 7.29. The number of halogens is 1. The molecule has 0 bridgehead atoms. The normalized spacial score (nSPS) is 21.2. The predicted molar refractivity (Wildman–Crippen MR) is 79.4 cm³/mol. The van der Waals surface area contributed by atoms with E-state index < -0.39 is 16.1 Å². The van der Waals surface area contributed by atoms with E-state index in [2.05, 4.69) is 15.9 Å². The molecule has 0 amide bonds. The Kier molecular flexibility index (Phi) is 4.57. The average Bonchev–Trinajstić information content (AvgIpc) is 2.39. The highest BCUT2D eigenvalue weighted by atomic mass is 79.9. The minimum absolute atomic E-state index is 0.152. The van der Waals surface area contributed by atoms with E-state index in [9.17, 15) is 8.42 Å². The van der Waals surface area contributed by atoms with Gasteiger partial charge in [-0.15, -0.1) is 0 Å². The summed E-state index contributed by atoms with van der Waals surface area (Å²) in [5.74, 6) is 0. The Morgan fingerprint density at radius 3 is 2.79 bits per heavy atom. The van der Waals surface area contributed by atoms with Gasteiger partial charge in [-0.1, -0.05) is 24.4 Å². The molecular weight excluding hydrogens is 352 g/mol.